The third-order valence-corrected chi connectivity index (χ3v) is 4.12. The second kappa shape index (κ2) is 5.22. The summed E-state index contributed by atoms with van der Waals surface area (Å²) in [6.07, 6.45) is 3.85. The molecule has 0 aromatic heterocycles. The van der Waals surface area contributed by atoms with Crippen LogP contribution < -0.4 is 4.74 Å². The predicted octanol–water partition coefficient (Wildman–Crippen LogP) is 4.16. The fourth-order valence-electron chi connectivity index (χ4n) is 2.19. The third-order valence-electron chi connectivity index (χ3n) is 3.54. The first-order valence-corrected chi connectivity index (χ1v) is 7.33. The molecule has 0 bridgehead atoms. The first-order valence-electron chi connectivity index (χ1n) is 6.53. The number of ether oxygens (including phenoxy) is 1. The Morgan fingerprint density at radius 1 is 1.39 bits per heavy atom. The van der Waals surface area contributed by atoms with E-state index in [1.165, 1.54) is 19.3 Å². The van der Waals surface area contributed by atoms with Gasteiger partial charge in [-0.15, -0.1) is 0 Å². The maximum Gasteiger partial charge on any atom is 0.139 e. The van der Waals surface area contributed by atoms with Gasteiger partial charge in [0.1, 0.15) is 5.75 Å². The number of hydrogen-bond donors (Lipinski definition) is 1. The highest BCUT2D eigenvalue weighted by molar-refractivity contribution is 9.10. The quantitative estimate of drug-likeness (QED) is 0.904. The minimum atomic E-state index is -0.885. The van der Waals surface area contributed by atoms with E-state index in [-0.39, 0.29) is 0 Å². The Balaban J connectivity index is 2.25. The molecule has 0 unspecified atom stereocenters. The topological polar surface area (TPSA) is 29.5 Å². The van der Waals surface area contributed by atoms with Crippen molar-refractivity contribution >= 4 is 15.9 Å². The lowest BCUT2D eigenvalue weighted by Gasteiger charge is -2.28. The summed E-state index contributed by atoms with van der Waals surface area (Å²) in [6.45, 7) is 6.37. The van der Waals surface area contributed by atoms with Gasteiger partial charge in [-0.3, -0.25) is 0 Å². The van der Waals surface area contributed by atoms with E-state index in [1.54, 1.807) is 13.8 Å². The molecule has 0 spiro atoms. The summed E-state index contributed by atoms with van der Waals surface area (Å²) in [5.41, 5.74) is 1.09. The van der Waals surface area contributed by atoms with Gasteiger partial charge >= 0.3 is 0 Å². The van der Waals surface area contributed by atoms with Crippen molar-refractivity contribution in [2.45, 2.75) is 45.6 Å². The Bertz CT molecular complexity index is 431. The zero-order chi connectivity index (χ0) is 13.3. The highest BCUT2D eigenvalue weighted by atomic mass is 79.9. The normalized spacial score (nSPS) is 16.5. The van der Waals surface area contributed by atoms with E-state index in [9.17, 15) is 5.11 Å². The van der Waals surface area contributed by atoms with E-state index in [1.807, 2.05) is 19.1 Å². The molecule has 2 rings (SSSR count). The van der Waals surface area contributed by atoms with E-state index in [0.29, 0.717) is 5.92 Å². The van der Waals surface area contributed by atoms with Crippen molar-refractivity contribution in [2.75, 3.05) is 6.61 Å². The van der Waals surface area contributed by atoms with Crippen LogP contribution in [0.5, 0.6) is 5.75 Å². The molecule has 1 aromatic carbocycles. The molecule has 100 valence electrons. The monoisotopic (exact) mass is 312 g/mol. The predicted molar refractivity (Wildman–Crippen MR) is 77.0 cm³/mol. The van der Waals surface area contributed by atoms with Crippen LogP contribution in [-0.2, 0) is 5.60 Å². The standard InChI is InChI=1S/C15H21BrO2/c1-10-7-12(15(2,3)17)14(13(16)8-10)18-9-11-5-4-6-11/h7-8,11,17H,4-6,9H2,1-3H3. The fourth-order valence-corrected chi connectivity index (χ4v) is 2.88. The summed E-state index contributed by atoms with van der Waals surface area (Å²) in [5.74, 6) is 1.48. The number of rotatable bonds is 4. The molecule has 3 heteroatoms. The molecule has 0 radical (unpaired) electrons. The van der Waals surface area contributed by atoms with Gasteiger partial charge in [0, 0.05) is 5.56 Å². The molecular formula is C15H21BrO2. The van der Waals surface area contributed by atoms with Crippen LogP contribution in [0, 0.1) is 12.8 Å². The van der Waals surface area contributed by atoms with Crippen molar-refractivity contribution < 1.29 is 9.84 Å². The average Bonchev–Trinajstić information content (AvgIpc) is 2.16. The first-order chi connectivity index (χ1) is 8.38. The van der Waals surface area contributed by atoms with E-state index in [2.05, 4.69) is 15.9 Å². The first kappa shape index (κ1) is 13.9. The van der Waals surface area contributed by atoms with Crippen molar-refractivity contribution in [1.82, 2.24) is 0 Å². The molecule has 2 nitrogen and oxygen atoms in total. The summed E-state index contributed by atoms with van der Waals surface area (Å²) < 4.78 is 6.88. The Labute approximate surface area is 117 Å². The van der Waals surface area contributed by atoms with E-state index < -0.39 is 5.60 Å². The molecule has 1 N–H and O–H groups in total. The maximum absolute atomic E-state index is 10.3. The summed E-state index contributed by atoms with van der Waals surface area (Å²) >= 11 is 3.54. The number of hydrogen-bond acceptors (Lipinski definition) is 2. The van der Waals surface area contributed by atoms with Crippen molar-refractivity contribution in [3.05, 3.63) is 27.7 Å². The van der Waals surface area contributed by atoms with Gasteiger partial charge in [-0.05, 0) is 73.2 Å². The Kier molecular flexibility index (Phi) is 4.02. The minimum Gasteiger partial charge on any atom is -0.492 e. The summed E-state index contributed by atoms with van der Waals surface area (Å²) in [6, 6.07) is 4.03. The number of halogens is 1. The zero-order valence-corrected chi connectivity index (χ0v) is 12.9. The number of aryl methyl sites for hydroxylation is 1. The van der Waals surface area contributed by atoms with Crippen LogP contribution in [-0.4, -0.2) is 11.7 Å². The van der Waals surface area contributed by atoms with E-state index in [4.69, 9.17) is 4.74 Å². The average molecular weight is 313 g/mol. The fraction of sp³-hybridized carbons (Fsp3) is 0.600. The van der Waals surface area contributed by atoms with Gasteiger partial charge in [-0.25, -0.2) is 0 Å². The molecule has 0 heterocycles. The highest BCUT2D eigenvalue weighted by Crippen LogP contribution is 2.38. The van der Waals surface area contributed by atoms with Gasteiger partial charge in [-0.1, -0.05) is 6.42 Å². The second-order valence-electron chi connectivity index (χ2n) is 5.79. The van der Waals surface area contributed by atoms with Crippen molar-refractivity contribution in [3.8, 4) is 5.75 Å². The Morgan fingerprint density at radius 2 is 2.06 bits per heavy atom. The van der Waals surface area contributed by atoms with Gasteiger partial charge in [0.15, 0.2) is 0 Å². The van der Waals surface area contributed by atoms with Crippen LogP contribution >= 0.6 is 15.9 Å². The molecule has 0 saturated heterocycles. The summed E-state index contributed by atoms with van der Waals surface area (Å²) in [5, 5.41) is 10.3. The molecule has 1 aromatic rings. The smallest absolute Gasteiger partial charge is 0.139 e. The van der Waals surface area contributed by atoms with E-state index in [0.717, 1.165) is 28.0 Å². The van der Waals surface area contributed by atoms with Gasteiger partial charge in [-0.2, -0.15) is 0 Å². The molecule has 1 aliphatic rings. The molecule has 1 saturated carbocycles. The number of benzene rings is 1. The largest absolute Gasteiger partial charge is 0.492 e. The molecular weight excluding hydrogens is 292 g/mol. The Hall–Kier alpha value is -0.540. The van der Waals surface area contributed by atoms with Crippen LogP contribution in [0.15, 0.2) is 16.6 Å². The van der Waals surface area contributed by atoms with Crippen LogP contribution in [0.1, 0.15) is 44.2 Å². The lowest BCUT2D eigenvalue weighted by Crippen LogP contribution is -2.22. The third kappa shape index (κ3) is 3.07. The maximum atomic E-state index is 10.3. The zero-order valence-electron chi connectivity index (χ0n) is 11.3. The van der Waals surface area contributed by atoms with Crippen LogP contribution in [0.25, 0.3) is 0 Å². The SMILES string of the molecule is Cc1cc(Br)c(OCC2CCC2)c(C(C)(C)O)c1. The molecule has 1 aliphatic carbocycles. The van der Waals surface area contributed by atoms with Gasteiger partial charge < -0.3 is 9.84 Å². The Morgan fingerprint density at radius 3 is 2.56 bits per heavy atom. The van der Waals surface area contributed by atoms with E-state index >= 15 is 0 Å². The van der Waals surface area contributed by atoms with Crippen molar-refractivity contribution in [2.24, 2.45) is 5.92 Å². The molecule has 0 amide bonds. The van der Waals surface area contributed by atoms with Crippen molar-refractivity contribution in [1.29, 1.82) is 0 Å². The van der Waals surface area contributed by atoms with Crippen LogP contribution in [0.3, 0.4) is 0 Å². The molecule has 0 aliphatic heterocycles. The second-order valence-corrected chi connectivity index (χ2v) is 6.64. The van der Waals surface area contributed by atoms with Crippen LogP contribution in [0.2, 0.25) is 0 Å². The van der Waals surface area contributed by atoms with Gasteiger partial charge in [0.2, 0.25) is 0 Å². The number of aliphatic hydroxyl groups is 1. The summed E-state index contributed by atoms with van der Waals surface area (Å²) in [7, 11) is 0. The summed E-state index contributed by atoms with van der Waals surface area (Å²) in [4.78, 5) is 0. The van der Waals surface area contributed by atoms with Gasteiger partial charge in [0.25, 0.3) is 0 Å². The lowest BCUT2D eigenvalue weighted by atomic mass is 9.86. The molecule has 0 atom stereocenters. The highest BCUT2D eigenvalue weighted by Gasteiger charge is 2.25. The minimum absolute atomic E-state index is 0.688. The molecule has 1 fully saturated rings. The van der Waals surface area contributed by atoms with Crippen molar-refractivity contribution in [3.63, 3.8) is 0 Å². The lowest BCUT2D eigenvalue weighted by molar-refractivity contribution is 0.0725. The van der Waals surface area contributed by atoms with Gasteiger partial charge in [0.05, 0.1) is 16.7 Å². The molecule has 18 heavy (non-hydrogen) atoms. The van der Waals surface area contributed by atoms with Crippen LogP contribution in [0.4, 0.5) is 0 Å².